The molecule has 0 saturated heterocycles. The number of benzene rings is 1. The van der Waals surface area contributed by atoms with Crippen LogP contribution in [0.25, 0.3) is 0 Å². The fourth-order valence-corrected chi connectivity index (χ4v) is 3.36. The van der Waals surface area contributed by atoms with E-state index in [0.29, 0.717) is 5.75 Å². The maximum Gasteiger partial charge on any atom is 0.131 e. The molecular formula is C17H26FNO. The van der Waals surface area contributed by atoms with E-state index in [4.69, 9.17) is 4.74 Å². The monoisotopic (exact) mass is 279 g/mol. The molecule has 3 heteroatoms. The Balaban J connectivity index is 2.30. The Morgan fingerprint density at radius 1 is 1.35 bits per heavy atom. The highest BCUT2D eigenvalue weighted by Gasteiger charge is 2.38. The average Bonchev–Trinajstić information content (AvgIpc) is 2.88. The van der Waals surface area contributed by atoms with Gasteiger partial charge in [-0.15, -0.1) is 0 Å². The van der Waals surface area contributed by atoms with E-state index in [1.165, 1.54) is 31.7 Å². The standard InChI is InChI=1S/C17H26FNO/c1-4-11-19-16(17(2)9-5-6-10-17)14-8-7-13(20-3)12-15(14)18/h7-8,12,16,19H,4-6,9-11H2,1-3H3. The smallest absolute Gasteiger partial charge is 0.131 e. The summed E-state index contributed by atoms with van der Waals surface area (Å²) in [5.41, 5.74) is 0.938. The summed E-state index contributed by atoms with van der Waals surface area (Å²) in [5.74, 6) is 0.420. The third-order valence-electron chi connectivity index (χ3n) is 4.56. The Labute approximate surface area is 121 Å². The Hall–Kier alpha value is -1.09. The number of methoxy groups -OCH3 is 1. The molecule has 0 aliphatic heterocycles. The van der Waals surface area contributed by atoms with E-state index in [-0.39, 0.29) is 17.3 Å². The van der Waals surface area contributed by atoms with Gasteiger partial charge >= 0.3 is 0 Å². The van der Waals surface area contributed by atoms with Crippen molar-refractivity contribution in [1.82, 2.24) is 5.32 Å². The largest absolute Gasteiger partial charge is 0.497 e. The molecule has 1 fully saturated rings. The van der Waals surface area contributed by atoms with Crippen molar-refractivity contribution in [2.45, 2.75) is 52.0 Å². The van der Waals surface area contributed by atoms with Crippen LogP contribution >= 0.6 is 0 Å². The van der Waals surface area contributed by atoms with Gasteiger partial charge in [-0.1, -0.05) is 32.8 Å². The quantitative estimate of drug-likeness (QED) is 0.830. The Kier molecular flexibility index (Phi) is 5.03. The topological polar surface area (TPSA) is 21.3 Å². The predicted octanol–water partition coefficient (Wildman–Crippen LogP) is 4.46. The Bertz CT molecular complexity index is 441. The van der Waals surface area contributed by atoms with Crippen LogP contribution in [0.3, 0.4) is 0 Å². The molecule has 1 aliphatic rings. The van der Waals surface area contributed by atoms with E-state index in [1.54, 1.807) is 7.11 Å². The summed E-state index contributed by atoms with van der Waals surface area (Å²) in [7, 11) is 1.57. The van der Waals surface area contributed by atoms with Gasteiger partial charge in [-0.3, -0.25) is 0 Å². The summed E-state index contributed by atoms with van der Waals surface area (Å²) >= 11 is 0. The van der Waals surface area contributed by atoms with Crippen molar-refractivity contribution in [3.63, 3.8) is 0 Å². The van der Waals surface area contributed by atoms with E-state index in [9.17, 15) is 4.39 Å². The molecule has 0 amide bonds. The second-order valence-corrected chi connectivity index (χ2v) is 6.14. The third kappa shape index (κ3) is 3.14. The maximum atomic E-state index is 14.4. The van der Waals surface area contributed by atoms with Gasteiger partial charge in [0.15, 0.2) is 0 Å². The molecule has 1 aromatic carbocycles. The maximum absolute atomic E-state index is 14.4. The first-order valence-electron chi connectivity index (χ1n) is 7.67. The highest BCUT2D eigenvalue weighted by atomic mass is 19.1. The highest BCUT2D eigenvalue weighted by molar-refractivity contribution is 5.32. The average molecular weight is 279 g/mol. The van der Waals surface area contributed by atoms with Gasteiger partial charge in [0.05, 0.1) is 7.11 Å². The number of hydrogen-bond acceptors (Lipinski definition) is 2. The van der Waals surface area contributed by atoms with Crippen LogP contribution in [-0.4, -0.2) is 13.7 Å². The summed E-state index contributed by atoms with van der Waals surface area (Å²) in [6.45, 7) is 5.36. The van der Waals surface area contributed by atoms with Gasteiger partial charge < -0.3 is 10.1 Å². The zero-order valence-electron chi connectivity index (χ0n) is 12.8. The molecule has 1 aromatic rings. The number of hydrogen-bond donors (Lipinski definition) is 1. The second-order valence-electron chi connectivity index (χ2n) is 6.14. The Morgan fingerprint density at radius 2 is 2.05 bits per heavy atom. The van der Waals surface area contributed by atoms with Crippen molar-refractivity contribution in [2.24, 2.45) is 5.41 Å². The van der Waals surface area contributed by atoms with Crippen LogP contribution in [0.5, 0.6) is 5.75 Å². The molecule has 1 saturated carbocycles. The van der Waals surface area contributed by atoms with E-state index in [0.717, 1.165) is 18.5 Å². The first-order chi connectivity index (χ1) is 9.60. The predicted molar refractivity (Wildman–Crippen MR) is 80.6 cm³/mol. The molecule has 1 N–H and O–H groups in total. The molecule has 1 unspecified atom stereocenters. The molecule has 112 valence electrons. The molecular weight excluding hydrogens is 253 g/mol. The van der Waals surface area contributed by atoms with Crippen molar-refractivity contribution >= 4 is 0 Å². The zero-order chi connectivity index (χ0) is 14.6. The van der Waals surface area contributed by atoms with Crippen LogP contribution in [-0.2, 0) is 0 Å². The van der Waals surface area contributed by atoms with Crippen LogP contribution in [0.1, 0.15) is 57.6 Å². The third-order valence-corrected chi connectivity index (χ3v) is 4.56. The molecule has 0 heterocycles. The molecule has 0 radical (unpaired) electrons. The van der Waals surface area contributed by atoms with Crippen molar-refractivity contribution in [3.05, 3.63) is 29.6 Å². The lowest BCUT2D eigenvalue weighted by Crippen LogP contribution is -2.35. The fraction of sp³-hybridized carbons (Fsp3) is 0.647. The normalized spacial score (nSPS) is 19.0. The van der Waals surface area contributed by atoms with Gasteiger partial charge in [0.1, 0.15) is 11.6 Å². The molecule has 2 nitrogen and oxygen atoms in total. The van der Waals surface area contributed by atoms with Crippen molar-refractivity contribution in [1.29, 1.82) is 0 Å². The summed E-state index contributed by atoms with van der Waals surface area (Å²) in [6.07, 6.45) is 5.89. The highest BCUT2D eigenvalue weighted by Crippen LogP contribution is 2.47. The number of halogens is 1. The summed E-state index contributed by atoms with van der Waals surface area (Å²) in [5, 5.41) is 3.57. The summed E-state index contributed by atoms with van der Waals surface area (Å²) in [4.78, 5) is 0. The van der Waals surface area contributed by atoms with Gasteiger partial charge in [0.25, 0.3) is 0 Å². The van der Waals surface area contributed by atoms with Gasteiger partial charge in [0.2, 0.25) is 0 Å². The molecule has 20 heavy (non-hydrogen) atoms. The molecule has 1 atom stereocenters. The van der Waals surface area contributed by atoms with E-state index < -0.39 is 0 Å². The van der Waals surface area contributed by atoms with E-state index >= 15 is 0 Å². The van der Waals surface area contributed by atoms with Crippen molar-refractivity contribution in [2.75, 3.05) is 13.7 Å². The lowest BCUT2D eigenvalue weighted by molar-refractivity contribution is 0.219. The van der Waals surface area contributed by atoms with Gasteiger partial charge in [0, 0.05) is 17.7 Å². The van der Waals surface area contributed by atoms with Gasteiger partial charge in [-0.2, -0.15) is 0 Å². The SMILES string of the molecule is CCCNC(c1ccc(OC)cc1F)C1(C)CCCC1. The van der Waals surface area contributed by atoms with E-state index in [2.05, 4.69) is 19.2 Å². The lowest BCUT2D eigenvalue weighted by atomic mass is 9.77. The minimum Gasteiger partial charge on any atom is -0.497 e. The van der Waals surface area contributed by atoms with Crippen LogP contribution < -0.4 is 10.1 Å². The van der Waals surface area contributed by atoms with Crippen molar-refractivity contribution < 1.29 is 9.13 Å². The first kappa shape index (κ1) is 15.3. The van der Waals surface area contributed by atoms with Crippen LogP contribution in [0.2, 0.25) is 0 Å². The van der Waals surface area contributed by atoms with Crippen LogP contribution in [0, 0.1) is 11.2 Å². The van der Waals surface area contributed by atoms with Crippen LogP contribution in [0.15, 0.2) is 18.2 Å². The number of nitrogens with one attached hydrogen (secondary N) is 1. The van der Waals surface area contributed by atoms with E-state index in [1.807, 2.05) is 12.1 Å². The number of rotatable bonds is 6. The molecule has 1 aliphatic carbocycles. The lowest BCUT2D eigenvalue weighted by Gasteiger charge is -2.35. The molecule has 0 spiro atoms. The van der Waals surface area contributed by atoms with Crippen molar-refractivity contribution in [3.8, 4) is 5.75 Å². The fourth-order valence-electron chi connectivity index (χ4n) is 3.36. The second kappa shape index (κ2) is 6.57. The Morgan fingerprint density at radius 3 is 2.60 bits per heavy atom. The minimum atomic E-state index is -0.161. The zero-order valence-corrected chi connectivity index (χ0v) is 12.8. The van der Waals surface area contributed by atoms with Gasteiger partial charge in [-0.25, -0.2) is 4.39 Å². The summed E-state index contributed by atoms with van der Waals surface area (Å²) in [6, 6.07) is 5.33. The minimum absolute atomic E-state index is 0.0934. The number of ether oxygens (including phenoxy) is 1. The van der Waals surface area contributed by atoms with Gasteiger partial charge in [-0.05, 0) is 37.3 Å². The summed E-state index contributed by atoms with van der Waals surface area (Å²) < 4.78 is 19.5. The van der Waals surface area contributed by atoms with Crippen LogP contribution in [0.4, 0.5) is 4.39 Å². The molecule has 0 bridgehead atoms. The molecule has 2 rings (SSSR count). The molecule has 0 aromatic heterocycles. The first-order valence-corrected chi connectivity index (χ1v) is 7.67.